The minimum absolute atomic E-state index is 0.560. The van der Waals surface area contributed by atoms with E-state index in [1.807, 2.05) is 54.3 Å². The first-order valence-corrected chi connectivity index (χ1v) is 8.61. The van der Waals surface area contributed by atoms with Crippen LogP contribution in [0.4, 0.5) is 11.4 Å². The predicted molar refractivity (Wildman–Crippen MR) is 106 cm³/mol. The highest BCUT2D eigenvalue weighted by Gasteiger charge is 2.22. The van der Waals surface area contributed by atoms with Crippen molar-refractivity contribution in [2.45, 2.75) is 6.92 Å². The van der Waals surface area contributed by atoms with Crippen LogP contribution < -0.4 is 10.6 Å². The van der Waals surface area contributed by atoms with Gasteiger partial charge in [-0.2, -0.15) is 0 Å². The van der Waals surface area contributed by atoms with E-state index in [0.29, 0.717) is 34.2 Å². The molecule has 0 atom stereocenters. The highest BCUT2D eigenvalue weighted by Crippen LogP contribution is 2.26. The van der Waals surface area contributed by atoms with E-state index in [1.165, 1.54) is 0 Å². The Balaban J connectivity index is 1.73. The van der Waals surface area contributed by atoms with Gasteiger partial charge in [-0.05, 0) is 49.0 Å². The number of hydrogen-bond acceptors (Lipinski definition) is 3. The Bertz CT molecular complexity index is 807. The molecule has 0 spiro atoms. The van der Waals surface area contributed by atoms with Crippen molar-refractivity contribution in [3.63, 3.8) is 0 Å². The van der Waals surface area contributed by atoms with Gasteiger partial charge in [0, 0.05) is 17.3 Å². The van der Waals surface area contributed by atoms with Crippen LogP contribution in [0.5, 0.6) is 0 Å². The molecule has 0 saturated carbocycles. The molecule has 0 unspecified atom stereocenters. The minimum atomic E-state index is 0.560. The number of hydrogen-bond donors (Lipinski definition) is 2. The fourth-order valence-electron chi connectivity index (χ4n) is 2.37. The quantitative estimate of drug-likeness (QED) is 0.737. The first kappa shape index (κ1) is 17.0. The molecule has 2 N–H and O–H groups in total. The molecule has 124 valence electrons. The van der Waals surface area contributed by atoms with Crippen molar-refractivity contribution >= 4 is 57.9 Å². The lowest BCUT2D eigenvalue weighted by Crippen LogP contribution is -2.41. The van der Waals surface area contributed by atoms with Gasteiger partial charge in [-0.1, -0.05) is 41.4 Å². The van der Waals surface area contributed by atoms with E-state index < -0.39 is 0 Å². The molecule has 0 aromatic heterocycles. The summed E-state index contributed by atoms with van der Waals surface area (Å²) in [6.45, 7) is 3.34. The molecule has 3 rings (SSSR count). The third-order valence-electron chi connectivity index (χ3n) is 3.60. The van der Waals surface area contributed by atoms with Crippen LogP contribution >= 0.6 is 35.4 Å². The molecule has 1 aliphatic rings. The molecule has 4 nitrogen and oxygen atoms in total. The van der Waals surface area contributed by atoms with E-state index in [4.69, 9.17) is 35.4 Å². The fraction of sp³-hybridized carbons (Fsp3) is 0.176. The Labute approximate surface area is 156 Å². The van der Waals surface area contributed by atoms with Gasteiger partial charge >= 0.3 is 0 Å². The predicted octanol–water partition coefficient (Wildman–Crippen LogP) is 4.78. The van der Waals surface area contributed by atoms with E-state index >= 15 is 0 Å². The summed E-state index contributed by atoms with van der Waals surface area (Å²) in [6, 6.07) is 13.3. The van der Waals surface area contributed by atoms with Crippen LogP contribution in [0.15, 0.2) is 47.5 Å². The SMILES string of the molecule is Cc1cccc(NC2=NCCN2C(=S)Nc2cccc(Cl)c2)c1Cl. The van der Waals surface area contributed by atoms with Crippen molar-refractivity contribution in [2.24, 2.45) is 4.99 Å². The van der Waals surface area contributed by atoms with E-state index in [1.54, 1.807) is 0 Å². The number of anilines is 2. The number of benzene rings is 2. The zero-order valence-electron chi connectivity index (χ0n) is 13.0. The second kappa shape index (κ2) is 7.38. The number of thiocarbonyl (C=S) groups is 1. The van der Waals surface area contributed by atoms with Gasteiger partial charge in [-0.25, -0.2) is 0 Å². The molecular formula is C17H16Cl2N4S. The minimum Gasteiger partial charge on any atom is -0.332 e. The van der Waals surface area contributed by atoms with Gasteiger partial charge in [0.25, 0.3) is 0 Å². The average molecular weight is 379 g/mol. The molecule has 24 heavy (non-hydrogen) atoms. The lowest BCUT2D eigenvalue weighted by molar-refractivity contribution is 0.674. The molecule has 0 aliphatic carbocycles. The lowest BCUT2D eigenvalue weighted by Gasteiger charge is -2.23. The summed E-state index contributed by atoms with van der Waals surface area (Å²) in [7, 11) is 0. The molecule has 0 fully saturated rings. The average Bonchev–Trinajstić information content (AvgIpc) is 3.00. The van der Waals surface area contributed by atoms with Crippen LogP contribution in [0.1, 0.15) is 5.56 Å². The number of guanidine groups is 1. The summed E-state index contributed by atoms with van der Waals surface area (Å²) in [5, 5.41) is 8.35. The topological polar surface area (TPSA) is 39.7 Å². The molecule has 2 aromatic rings. The maximum Gasteiger partial charge on any atom is 0.204 e. The molecule has 0 amide bonds. The Morgan fingerprint density at radius 3 is 2.79 bits per heavy atom. The zero-order chi connectivity index (χ0) is 17.1. The van der Waals surface area contributed by atoms with Gasteiger partial charge in [-0.15, -0.1) is 0 Å². The highest BCUT2D eigenvalue weighted by molar-refractivity contribution is 7.80. The van der Waals surface area contributed by atoms with Crippen LogP contribution in [0.2, 0.25) is 10.0 Å². The van der Waals surface area contributed by atoms with Crippen LogP contribution in [0.3, 0.4) is 0 Å². The standard InChI is InChI=1S/C17H16Cl2N4S/c1-11-4-2-7-14(15(11)19)22-16-20-8-9-23(16)17(24)21-13-6-3-5-12(18)10-13/h2-7,10H,8-9H2,1H3,(H,20,22)(H,21,24). The molecule has 1 aliphatic heterocycles. The molecule has 2 aromatic carbocycles. The number of halogens is 2. The number of rotatable bonds is 2. The van der Waals surface area contributed by atoms with Crippen LogP contribution in [-0.2, 0) is 0 Å². The molecular weight excluding hydrogens is 363 g/mol. The van der Waals surface area contributed by atoms with E-state index in [0.717, 1.165) is 16.9 Å². The third-order valence-corrected chi connectivity index (χ3v) is 4.66. The van der Waals surface area contributed by atoms with Gasteiger partial charge in [0.2, 0.25) is 5.96 Å². The van der Waals surface area contributed by atoms with Crippen LogP contribution in [-0.4, -0.2) is 29.1 Å². The summed E-state index contributed by atoms with van der Waals surface area (Å²) >= 11 is 17.9. The second-order valence-electron chi connectivity index (χ2n) is 5.36. The van der Waals surface area contributed by atoms with E-state index in [-0.39, 0.29) is 0 Å². The Hall–Kier alpha value is -1.82. The Kier molecular flexibility index (Phi) is 5.23. The third kappa shape index (κ3) is 3.80. The monoisotopic (exact) mass is 378 g/mol. The van der Waals surface area contributed by atoms with Crippen LogP contribution in [0, 0.1) is 6.92 Å². The fourth-order valence-corrected chi connectivity index (χ4v) is 3.03. The molecule has 7 heteroatoms. The van der Waals surface area contributed by atoms with Crippen LogP contribution in [0.25, 0.3) is 0 Å². The lowest BCUT2D eigenvalue weighted by atomic mass is 10.2. The van der Waals surface area contributed by atoms with E-state index in [9.17, 15) is 0 Å². The van der Waals surface area contributed by atoms with Crippen molar-refractivity contribution in [1.82, 2.24) is 4.90 Å². The molecule has 0 bridgehead atoms. The number of nitrogens with one attached hydrogen (secondary N) is 2. The van der Waals surface area contributed by atoms with Gasteiger partial charge in [0.15, 0.2) is 5.11 Å². The molecule has 0 radical (unpaired) electrons. The summed E-state index contributed by atoms with van der Waals surface area (Å²) in [5.41, 5.74) is 2.66. The number of aliphatic imine (C=N–C) groups is 1. The first-order valence-electron chi connectivity index (χ1n) is 7.45. The Morgan fingerprint density at radius 2 is 2.00 bits per heavy atom. The maximum atomic E-state index is 6.35. The maximum absolute atomic E-state index is 6.35. The van der Waals surface area contributed by atoms with Crippen molar-refractivity contribution in [3.8, 4) is 0 Å². The van der Waals surface area contributed by atoms with Crippen molar-refractivity contribution in [1.29, 1.82) is 0 Å². The normalized spacial score (nSPS) is 13.6. The van der Waals surface area contributed by atoms with E-state index in [2.05, 4.69) is 15.6 Å². The van der Waals surface area contributed by atoms with Crippen molar-refractivity contribution in [3.05, 3.63) is 58.1 Å². The summed E-state index contributed by atoms with van der Waals surface area (Å²) in [4.78, 5) is 6.39. The van der Waals surface area contributed by atoms with Crippen molar-refractivity contribution < 1.29 is 0 Å². The zero-order valence-corrected chi connectivity index (χ0v) is 15.3. The second-order valence-corrected chi connectivity index (χ2v) is 6.56. The number of aryl methyl sites for hydroxylation is 1. The number of nitrogens with zero attached hydrogens (tertiary/aromatic N) is 2. The molecule has 1 heterocycles. The summed E-state index contributed by atoms with van der Waals surface area (Å²) < 4.78 is 0. The van der Waals surface area contributed by atoms with Gasteiger partial charge < -0.3 is 10.6 Å². The smallest absolute Gasteiger partial charge is 0.204 e. The summed E-state index contributed by atoms with van der Waals surface area (Å²) in [5.74, 6) is 0.682. The largest absolute Gasteiger partial charge is 0.332 e. The van der Waals surface area contributed by atoms with Gasteiger partial charge in [0.1, 0.15) is 0 Å². The van der Waals surface area contributed by atoms with Crippen molar-refractivity contribution in [2.75, 3.05) is 23.7 Å². The van der Waals surface area contributed by atoms with Gasteiger partial charge in [-0.3, -0.25) is 9.89 Å². The Morgan fingerprint density at radius 1 is 1.21 bits per heavy atom. The molecule has 0 saturated heterocycles. The first-order chi connectivity index (χ1) is 11.5. The summed E-state index contributed by atoms with van der Waals surface area (Å²) in [6.07, 6.45) is 0. The van der Waals surface area contributed by atoms with Gasteiger partial charge in [0.05, 0.1) is 17.3 Å². The highest BCUT2D eigenvalue weighted by atomic mass is 35.5.